The second-order valence-electron chi connectivity index (χ2n) is 8.94. The van der Waals surface area contributed by atoms with E-state index in [9.17, 15) is 4.39 Å². The van der Waals surface area contributed by atoms with Crippen LogP contribution in [0.3, 0.4) is 0 Å². The van der Waals surface area contributed by atoms with E-state index >= 15 is 0 Å². The fourth-order valence-corrected chi connectivity index (χ4v) is 5.49. The van der Waals surface area contributed by atoms with Crippen molar-refractivity contribution in [2.24, 2.45) is 5.92 Å². The Kier molecular flexibility index (Phi) is 6.05. The van der Waals surface area contributed by atoms with Crippen molar-refractivity contribution in [1.82, 2.24) is 15.0 Å². The van der Waals surface area contributed by atoms with Gasteiger partial charge in [0.25, 0.3) is 0 Å². The van der Waals surface area contributed by atoms with Crippen LogP contribution in [0.2, 0.25) is 0 Å². The fourth-order valence-electron chi connectivity index (χ4n) is 5.14. The van der Waals surface area contributed by atoms with Crippen LogP contribution in [0.4, 0.5) is 10.2 Å². The number of aromatic nitrogens is 3. The minimum absolute atomic E-state index is 0.190. The molecule has 0 amide bonds. The molecule has 2 heterocycles. The number of fused-ring (bicyclic) bond motifs is 2. The van der Waals surface area contributed by atoms with Crippen LogP contribution in [0.5, 0.6) is 0 Å². The number of anilines is 1. The summed E-state index contributed by atoms with van der Waals surface area (Å²) in [5.41, 5.74) is 3.07. The summed E-state index contributed by atoms with van der Waals surface area (Å²) in [7, 11) is 0. The lowest BCUT2D eigenvalue weighted by molar-refractivity contribution is 0.302. The molecule has 164 valence electrons. The third kappa shape index (κ3) is 4.46. The molecule has 1 atom stereocenters. The monoisotopic (exact) mass is 492 g/mol. The van der Waals surface area contributed by atoms with E-state index in [0.717, 1.165) is 51.4 Å². The lowest BCUT2D eigenvalue weighted by atomic mass is 9.76. The van der Waals surface area contributed by atoms with E-state index in [1.54, 1.807) is 18.5 Å². The zero-order chi connectivity index (χ0) is 22.1. The standard InChI is InChI=1S/C26H26BrFN4/c1-16(32-26-22-8-6-19(27)13-25(22)30-15-31-26)12-17-2-4-18(5-3-17)21-10-11-29-24-9-7-20(28)14-23(21)24/h6-11,13-18H,2-5,12H2,1H3,(H,30,31,32)/t16-,17?,18?/m1/s1. The van der Waals surface area contributed by atoms with Gasteiger partial charge >= 0.3 is 0 Å². The number of hydrogen-bond acceptors (Lipinski definition) is 4. The number of nitrogens with one attached hydrogen (secondary N) is 1. The van der Waals surface area contributed by atoms with Crippen molar-refractivity contribution in [2.75, 3.05) is 5.32 Å². The molecule has 1 saturated carbocycles. The molecule has 0 spiro atoms. The molecule has 0 saturated heterocycles. The first kappa shape index (κ1) is 21.3. The van der Waals surface area contributed by atoms with Crippen LogP contribution in [-0.2, 0) is 0 Å². The van der Waals surface area contributed by atoms with Crippen LogP contribution in [0, 0.1) is 11.7 Å². The van der Waals surface area contributed by atoms with Gasteiger partial charge in [0.05, 0.1) is 11.0 Å². The number of nitrogens with zero attached hydrogens (tertiary/aromatic N) is 3. The highest BCUT2D eigenvalue weighted by atomic mass is 79.9. The minimum Gasteiger partial charge on any atom is -0.367 e. The average Bonchev–Trinajstić information content (AvgIpc) is 2.79. The van der Waals surface area contributed by atoms with Crippen LogP contribution >= 0.6 is 15.9 Å². The highest BCUT2D eigenvalue weighted by Crippen LogP contribution is 2.40. The van der Waals surface area contributed by atoms with Gasteiger partial charge in [0.2, 0.25) is 0 Å². The van der Waals surface area contributed by atoms with Crippen LogP contribution in [-0.4, -0.2) is 21.0 Å². The molecule has 4 nitrogen and oxygen atoms in total. The maximum absolute atomic E-state index is 13.8. The molecular weight excluding hydrogens is 467 g/mol. The average molecular weight is 493 g/mol. The molecule has 0 unspecified atom stereocenters. The van der Waals surface area contributed by atoms with Gasteiger partial charge < -0.3 is 5.32 Å². The molecule has 1 fully saturated rings. The number of rotatable bonds is 5. The van der Waals surface area contributed by atoms with Gasteiger partial charge in [-0.15, -0.1) is 0 Å². The number of halogens is 2. The molecule has 2 aromatic heterocycles. The van der Waals surface area contributed by atoms with E-state index in [4.69, 9.17) is 0 Å². The largest absolute Gasteiger partial charge is 0.367 e. The minimum atomic E-state index is -0.190. The molecule has 5 rings (SSSR count). The van der Waals surface area contributed by atoms with E-state index in [1.807, 2.05) is 18.3 Å². The van der Waals surface area contributed by atoms with E-state index in [0.29, 0.717) is 17.9 Å². The summed E-state index contributed by atoms with van der Waals surface area (Å²) in [5, 5.41) is 5.62. The zero-order valence-corrected chi connectivity index (χ0v) is 19.6. The Balaban J connectivity index is 1.23. The van der Waals surface area contributed by atoms with Gasteiger partial charge in [-0.1, -0.05) is 15.9 Å². The van der Waals surface area contributed by atoms with Crippen molar-refractivity contribution in [3.8, 4) is 0 Å². The summed E-state index contributed by atoms with van der Waals surface area (Å²) >= 11 is 3.51. The number of hydrogen-bond donors (Lipinski definition) is 1. The molecule has 0 radical (unpaired) electrons. The smallest absolute Gasteiger partial charge is 0.137 e. The topological polar surface area (TPSA) is 50.7 Å². The van der Waals surface area contributed by atoms with Gasteiger partial charge in [0, 0.05) is 27.5 Å². The predicted octanol–water partition coefficient (Wildman–Crippen LogP) is 7.24. The molecule has 0 bridgehead atoms. The molecule has 1 N–H and O–H groups in total. The Morgan fingerprint density at radius 3 is 2.66 bits per heavy atom. The quantitative estimate of drug-likeness (QED) is 0.318. The molecule has 1 aliphatic carbocycles. The second kappa shape index (κ2) is 9.10. The van der Waals surface area contributed by atoms with Crippen molar-refractivity contribution in [2.45, 2.75) is 51.0 Å². The van der Waals surface area contributed by atoms with Gasteiger partial charge in [0.1, 0.15) is 18.0 Å². The van der Waals surface area contributed by atoms with Crippen LogP contribution in [0.15, 0.2) is 59.5 Å². The first-order valence-corrected chi connectivity index (χ1v) is 12.1. The summed E-state index contributed by atoms with van der Waals surface area (Å²) in [6.07, 6.45) is 9.24. The molecule has 6 heteroatoms. The van der Waals surface area contributed by atoms with Crippen LogP contribution in [0.1, 0.15) is 50.5 Å². The zero-order valence-electron chi connectivity index (χ0n) is 18.1. The van der Waals surface area contributed by atoms with E-state index in [-0.39, 0.29) is 5.82 Å². The Hall–Kier alpha value is -2.60. The highest BCUT2D eigenvalue weighted by molar-refractivity contribution is 9.10. The van der Waals surface area contributed by atoms with Crippen molar-refractivity contribution in [3.63, 3.8) is 0 Å². The first-order chi connectivity index (χ1) is 15.6. The molecule has 4 aromatic rings. The fraction of sp³-hybridized carbons (Fsp3) is 0.346. The van der Waals surface area contributed by atoms with Crippen LogP contribution in [0.25, 0.3) is 21.8 Å². The third-order valence-electron chi connectivity index (χ3n) is 6.69. The maximum atomic E-state index is 13.8. The Bertz CT molecular complexity index is 1250. The van der Waals surface area contributed by atoms with Gasteiger partial charge in [0.15, 0.2) is 0 Å². The van der Waals surface area contributed by atoms with Crippen molar-refractivity contribution in [3.05, 3.63) is 70.8 Å². The second-order valence-corrected chi connectivity index (χ2v) is 9.86. The number of pyridine rings is 1. The van der Waals surface area contributed by atoms with Gasteiger partial charge in [-0.2, -0.15) is 0 Å². The van der Waals surface area contributed by atoms with Gasteiger partial charge in [-0.3, -0.25) is 4.98 Å². The first-order valence-electron chi connectivity index (χ1n) is 11.3. The van der Waals surface area contributed by atoms with Crippen molar-refractivity contribution >= 4 is 43.6 Å². The maximum Gasteiger partial charge on any atom is 0.137 e. The number of benzene rings is 2. The third-order valence-corrected chi connectivity index (χ3v) is 7.19. The van der Waals surface area contributed by atoms with E-state index in [1.165, 1.54) is 24.5 Å². The van der Waals surface area contributed by atoms with Crippen molar-refractivity contribution < 1.29 is 4.39 Å². The lowest BCUT2D eigenvalue weighted by Gasteiger charge is -2.31. The summed E-state index contributed by atoms with van der Waals surface area (Å²) < 4.78 is 14.9. The van der Waals surface area contributed by atoms with Crippen LogP contribution < -0.4 is 5.32 Å². The van der Waals surface area contributed by atoms with Gasteiger partial charge in [-0.25, -0.2) is 14.4 Å². The Labute approximate surface area is 195 Å². The lowest BCUT2D eigenvalue weighted by Crippen LogP contribution is -2.23. The SMILES string of the molecule is C[C@H](CC1CCC(c2ccnc3ccc(F)cc23)CC1)Nc1ncnc2cc(Br)ccc12. The predicted molar refractivity (Wildman–Crippen MR) is 131 cm³/mol. The summed E-state index contributed by atoms with van der Waals surface area (Å²) in [6, 6.07) is 13.4. The Morgan fingerprint density at radius 1 is 0.969 bits per heavy atom. The molecule has 32 heavy (non-hydrogen) atoms. The summed E-state index contributed by atoms with van der Waals surface area (Å²) in [5.74, 6) is 1.87. The molecule has 0 aliphatic heterocycles. The van der Waals surface area contributed by atoms with Crippen molar-refractivity contribution in [1.29, 1.82) is 0 Å². The molecule has 1 aliphatic rings. The van der Waals surface area contributed by atoms with Gasteiger partial charge in [-0.05, 0) is 98.9 Å². The highest BCUT2D eigenvalue weighted by Gasteiger charge is 2.25. The van der Waals surface area contributed by atoms with E-state index in [2.05, 4.69) is 55.3 Å². The summed E-state index contributed by atoms with van der Waals surface area (Å²) in [4.78, 5) is 13.3. The summed E-state index contributed by atoms with van der Waals surface area (Å²) in [6.45, 7) is 2.23. The Morgan fingerprint density at radius 2 is 1.81 bits per heavy atom. The molecular formula is C26H26BrFN4. The van der Waals surface area contributed by atoms with E-state index < -0.39 is 0 Å². The normalized spacial score (nSPS) is 19.8. The molecule has 2 aromatic carbocycles.